The van der Waals surface area contributed by atoms with Crippen LogP contribution in [0.15, 0.2) is 83.8 Å². The maximum atomic E-state index is 13.3. The highest BCUT2D eigenvalue weighted by molar-refractivity contribution is 7.89. The highest BCUT2D eigenvalue weighted by Gasteiger charge is 2.28. The Hall–Kier alpha value is -3.23. The lowest BCUT2D eigenvalue weighted by Crippen LogP contribution is -2.41. The summed E-state index contributed by atoms with van der Waals surface area (Å²) < 4.78 is 46.0. The zero-order chi connectivity index (χ0) is 22.4. The number of nitrogens with zero attached hydrogens (tertiary/aromatic N) is 2. The van der Waals surface area contributed by atoms with Crippen molar-refractivity contribution in [3.63, 3.8) is 0 Å². The molecule has 0 N–H and O–H groups in total. The molecule has 0 aliphatic rings. The molecule has 0 fully saturated rings. The van der Waals surface area contributed by atoms with E-state index in [0.717, 1.165) is 4.31 Å². The van der Waals surface area contributed by atoms with Crippen LogP contribution in [0.25, 0.3) is 0 Å². The summed E-state index contributed by atoms with van der Waals surface area (Å²) in [6.07, 6.45) is 0. The smallest absolute Gasteiger partial charge is 0.243 e. The third-order valence-electron chi connectivity index (χ3n) is 4.80. The van der Waals surface area contributed by atoms with E-state index in [1.807, 2.05) is 0 Å². The molecule has 0 atom stereocenters. The van der Waals surface area contributed by atoms with Gasteiger partial charge in [0.05, 0.1) is 18.6 Å². The van der Waals surface area contributed by atoms with Crippen molar-refractivity contribution in [2.45, 2.75) is 11.4 Å². The number of carbonyl (C=O) groups is 1. The fraction of sp³-hybridized carbons (Fsp3) is 0.174. The van der Waals surface area contributed by atoms with Crippen molar-refractivity contribution >= 4 is 21.6 Å². The van der Waals surface area contributed by atoms with Crippen LogP contribution in [0.3, 0.4) is 0 Å². The molecule has 1 amide bonds. The number of halogens is 1. The largest absolute Gasteiger partial charge is 0.497 e. The molecular formula is C23H23FN2O4S. The van der Waals surface area contributed by atoms with Gasteiger partial charge in [0.25, 0.3) is 0 Å². The fourth-order valence-electron chi connectivity index (χ4n) is 2.97. The molecule has 0 aliphatic heterocycles. The van der Waals surface area contributed by atoms with Crippen molar-refractivity contribution in [2.24, 2.45) is 0 Å². The normalized spacial score (nSPS) is 11.4. The van der Waals surface area contributed by atoms with Crippen molar-refractivity contribution < 1.29 is 22.3 Å². The molecule has 3 rings (SSSR count). The number of methoxy groups -OCH3 is 1. The summed E-state index contributed by atoms with van der Waals surface area (Å²) in [6, 6.07) is 20.3. The van der Waals surface area contributed by atoms with E-state index in [0.29, 0.717) is 17.0 Å². The minimum atomic E-state index is -3.96. The minimum absolute atomic E-state index is 0.0697. The molecule has 6 nitrogen and oxygen atoms in total. The summed E-state index contributed by atoms with van der Waals surface area (Å²) in [5.74, 6) is -0.183. The van der Waals surface area contributed by atoms with Gasteiger partial charge in [-0.25, -0.2) is 12.8 Å². The number of amides is 1. The number of carbonyl (C=O) groups excluding carboxylic acids is 1. The van der Waals surface area contributed by atoms with Crippen LogP contribution in [-0.4, -0.2) is 39.3 Å². The van der Waals surface area contributed by atoms with Gasteiger partial charge in [0, 0.05) is 19.3 Å². The highest BCUT2D eigenvalue weighted by Crippen LogP contribution is 2.21. The van der Waals surface area contributed by atoms with E-state index in [1.54, 1.807) is 56.6 Å². The standard InChI is InChI=1S/C23H23FN2O4S/c1-25(20-12-14-21(30-2)15-13-20)23(27)17-26(16-18-8-10-19(24)11-9-18)31(28,29)22-6-4-3-5-7-22/h3-15H,16-17H2,1-2H3. The van der Waals surface area contributed by atoms with Crippen molar-refractivity contribution in [3.8, 4) is 5.75 Å². The van der Waals surface area contributed by atoms with Crippen LogP contribution in [0.2, 0.25) is 0 Å². The Labute approximate surface area is 181 Å². The Morgan fingerprint density at radius 2 is 1.55 bits per heavy atom. The third kappa shape index (κ3) is 5.48. The fourth-order valence-corrected chi connectivity index (χ4v) is 4.37. The SMILES string of the molecule is COc1ccc(N(C)C(=O)CN(Cc2ccc(F)cc2)S(=O)(=O)c2ccccc2)cc1. The number of hydrogen-bond donors (Lipinski definition) is 0. The van der Waals surface area contributed by atoms with Gasteiger partial charge >= 0.3 is 0 Å². The van der Waals surface area contributed by atoms with Crippen LogP contribution < -0.4 is 9.64 Å². The first-order chi connectivity index (χ1) is 14.8. The van der Waals surface area contributed by atoms with E-state index >= 15 is 0 Å². The van der Waals surface area contributed by atoms with E-state index in [9.17, 15) is 17.6 Å². The predicted molar refractivity (Wildman–Crippen MR) is 117 cm³/mol. The average molecular weight is 443 g/mol. The molecule has 0 saturated heterocycles. The van der Waals surface area contributed by atoms with Gasteiger partial charge in [-0.15, -0.1) is 0 Å². The van der Waals surface area contributed by atoms with E-state index in [-0.39, 0.29) is 18.0 Å². The molecule has 0 radical (unpaired) electrons. The summed E-state index contributed by atoms with van der Waals surface area (Å²) in [6.45, 7) is -0.448. The predicted octanol–water partition coefficient (Wildman–Crippen LogP) is 3.69. The Kier molecular flexibility index (Phi) is 7.04. The van der Waals surface area contributed by atoms with Crippen molar-refractivity contribution in [1.82, 2.24) is 4.31 Å². The molecule has 0 spiro atoms. The minimum Gasteiger partial charge on any atom is -0.497 e. The molecule has 0 bridgehead atoms. The van der Waals surface area contributed by atoms with Gasteiger partial charge in [-0.3, -0.25) is 4.79 Å². The molecule has 0 heterocycles. The van der Waals surface area contributed by atoms with E-state index in [2.05, 4.69) is 0 Å². The van der Waals surface area contributed by atoms with Crippen molar-refractivity contribution in [3.05, 3.63) is 90.2 Å². The van der Waals surface area contributed by atoms with Crippen LogP contribution in [0.4, 0.5) is 10.1 Å². The van der Waals surface area contributed by atoms with Crippen molar-refractivity contribution in [1.29, 1.82) is 0 Å². The van der Waals surface area contributed by atoms with Gasteiger partial charge in [-0.2, -0.15) is 4.31 Å². The zero-order valence-corrected chi connectivity index (χ0v) is 18.0. The average Bonchev–Trinajstić information content (AvgIpc) is 2.80. The summed E-state index contributed by atoms with van der Waals surface area (Å²) in [5, 5.41) is 0. The van der Waals surface area contributed by atoms with Gasteiger partial charge in [0.1, 0.15) is 11.6 Å². The van der Waals surface area contributed by atoms with E-state index in [1.165, 1.54) is 41.3 Å². The Morgan fingerprint density at radius 3 is 2.13 bits per heavy atom. The second kappa shape index (κ2) is 9.72. The zero-order valence-electron chi connectivity index (χ0n) is 17.2. The first-order valence-corrected chi connectivity index (χ1v) is 11.0. The summed E-state index contributed by atoms with van der Waals surface area (Å²) >= 11 is 0. The van der Waals surface area contributed by atoms with Gasteiger partial charge in [-0.05, 0) is 54.1 Å². The highest BCUT2D eigenvalue weighted by atomic mass is 32.2. The number of benzene rings is 3. The summed E-state index contributed by atoms with van der Waals surface area (Å²) in [5.41, 5.74) is 1.17. The molecule has 31 heavy (non-hydrogen) atoms. The topological polar surface area (TPSA) is 66.9 Å². The van der Waals surface area contributed by atoms with Crippen LogP contribution in [0, 0.1) is 5.82 Å². The molecule has 0 saturated carbocycles. The Morgan fingerprint density at radius 1 is 0.935 bits per heavy atom. The summed E-state index contributed by atoms with van der Waals surface area (Å²) in [4.78, 5) is 14.4. The van der Waals surface area contributed by atoms with Gasteiger partial charge in [0.15, 0.2) is 0 Å². The van der Waals surface area contributed by atoms with Crippen LogP contribution >= 0.6 is 0 Å². The van der Waals surface area contributed by atoms with Crippen LogP contribution in [0.1, 0.15) is 5.56 Å². The number of hydrogen-bond acceptors (Lipinski definition) is 4. The van der Waals surface area contributed by atoms with E-state index < -0.39 is 21.7 Å². The van der Waals surface area contributed by atoms with Crippen molar-refractivity contribution in [2.75, 3.05) is 25.6 Å². The third-order valence-corrected chi connectivity index (χ3v) is 6.60. The van der Waals surface area contributed by atoms with Crippen LogP contribution in [0.5, 0.6) is 5.75 Å². The Bertz CT molecular complexity index is 1120. The van der Waals surface area contributed by atoms with Gasteiger partial charge < -0.3 is 9.64 Å². The lowest BCUT2D eigenvalue weighted by Gasteiger charge is -2.25. The molecule has 3 aromatic carbocycles. The first-order valence-electron chi connectivity index (χ1n) is 9.51. The molecule has 0 aromatic heterocycles. The summed E-state index contributed by atoms with van der Waals surface area (Å²) in [7, 11) is -0.833. The van der Waals surface area contributed by atoms with Gasteiger partial charge in [0.2, 0.25) is 15.9 Å². The van der Waals surface area contributed by atoms with Crippen LogP contribution in [-0.2, 0) is 21.4 Å². The molecule has 162 valence electrons. The second-order valence-electron chi connectivity index (χ2n) is 6.86. The number of rotatable bonds is 8. The maximum absolute atomic E-state index is 13.3. The lowest BCUT2D eigenvalue weighted by atomic mass is 10.2. The number of ether oxygens (including phenoxy) is 1. The number of sulfonamides is 1. The number of likely N-dealkylation sites (N-methyl/N-ethyl adjacent to an activating group) is 1. The maximum Gasteiger partial charge on any atom is 0.243 e. The molecule has 3 aromatic rings. The monoisotopic (exact) mass is 442 g/mol. The first kappa shape index (κ1) is 22.5. The molecule has 0 aliphatic carbocycles. The Balaban J connectivity index is 1.87. The molecule has 8 heteroatoms. The quantitative estimate of drug-likeness (QED) is 0.534. The molecular weight excluding hydrogens is 419 g/mol. The second-order valence-corrected chi connectivity index (χ2v) is 8.80. The molecule has 0 unspecified atom stereocenters. The van der Waals surface area contributed by atoms with Gasteiger partial charge in [-0.1, -0.05) is 30.3 Å². The lowest BCUT2D eigenvalue weighted by molar-refractivity contribution is -0.118. The van der Waals surface area contributed by atoms with E-state index in [4.69, 9.17) is 4.74 Å². The number of anilines is 1.